The second-order valence-electron chi connectivity index (χ2n) is 5.01. The zero-order valence-corrected chi connectivity index (χ0v) is 13.8. The number of benzene rings is 1. The highest BCUT2D eigenvalue weighted by Crippen LogP contribution is 2.25. The van der Waals surface area contributed by atoms with E-state index in [1.54, 1.807) is 22.5 Å². The maximum absolute atomic E-state index is 12.7. The lowest BCUT2D eigenvalue weighted by molar-refractivity contribution is 0.233. The van der Waals surface area contributed by atoms with E-state index in [0.29, 0.717) is 18.0 Å². The lowest BCUT2D eigenvalue weighted by Gasteiger charge is -2.37. The van der Waals surface area contributed by atoms with E-state index in [1.165, 1.54) is 0 Å². The van der Waals surface area contributed by atoms with Crippen molar-refractivity contribution in [3.8, 4) is 0 Å². The number of aryl methyl sites for hydroxylation is 1. The van der Waals surface area contributed by atoms with Gasteiger partial charge in [0.15, 0.2) is 0 Å². The summed E-state index contributed by atoms with van der Waals surface area (Å²) in [4.78, 5) is 0.370. The van der Waals surface area contributed by atoms with Crippen molar-refractivity contribution in [2.75, 3.05) is 13.1 Å². The van der Waals surface area contributed by atoms with Crippen molar-refractivity contribution in [1.29, 1.82) is 0 Å². The van der Waals surface area contributed by atoms with Gasteiger partial charge in [0.1, 0.15) is 0 Å². The first-order valence-corrected chi connectivity index (χ1v) is 8.58. The molecule has 1 aliphatic rings. The highest BCUT2D eigenvalue weighted by molar-refractivity contribution is 9.10. The van der Waals surface area contributed by atoms with Crippen LogP contribution in [-0.2, 0) is 10.0 Å². The van der Waals surface area contributed by atoms with E-state index < -0.39 is 10.0 Å². The van der Waals surface area contributed by atoms with Crippen molar-refractivity contribution < 1.29 is 8.42 Å². The van der Waals surface area contributed by atoms with Gasteiger partial charge in [0.25, 0.3) is 0 Å². The Hall–Kier alpha value is -0.430. The van der Waals surface area contributed by atoms with E-state index in [4.69, 9.17) is 0 Å². The maximum atomic E-state index is 12.7. The Kier molecular flexibility index (Phi) is 4.35. The van der Waals surface area contributed by atoms with Gasteiger partial charge in [-0.25, -0.2) is 8.42 Å². The summed E-state index contributed by atoms with van der Waals surface area (Å²) < 4.78 is 27.9. The Labute approximate surface area is 123 Å². The lowest BCUT2D eigenvalue weighted by Crippen LogP contribution is -2.57. The summed E-state index contributed by atoms with van der Waals surface area (Å²) in [5, 5.41) is 3.29. The Morgan fingerprint density at radius 1 is 1.37 bits per heavy atom. The zero-order valence-electron chi connectivity index (χ0n) is 11.4. The molecule has 1 N–H and O–H groups in total. The van der Waals surface area contributed by atoms with Crippen molar-refractivity contribution >= 4 is 26.0 Å². The van der Waals surface area contributed by atoms with Gasteiger partial charge in [-0.2, -0.15) is 4.31 Å². The van der Waals surface area contributed by atoms with Crippen molar-refractivity contribution in [1.82, 2.24) is 9.62 Å². The summed E-state index contributed by atoms with van der Waals surface area (Å²) in [6.07, 6.45) is 0. The van der Waals surface area contributed by atoms with Gasteiger partial charge in [-0.15, -0.1) is 0 Å². The molecular weight excluding hydrogens is 328 g/mol. The molecule has 0 bridgehead atoms. The summed E-state index contributed by atoms with van der Waals surface area (Å²) >= 11 is 3.40. The molecule has 0 saturated carbocycles. The fourth-order valence-corrected chi connectivity index (χ4v) is 4.31. The number of hydrogen-bond acceptors (Lipinski definition) is 3. The molecule has 106 valence electrons. The van der Waals surface area contributed by atoms with E-state index in [-0.39, 0.29) is 12.1 Å². The quantitative estimate of drug-likeness (QED) is 0.892. The van der Waals surface area contributed by atoms with Crippen LogP contribution in [0.3, 0.4) is 0 Å². The predicted molar refractivity (Wildman–Crippen MR) is 79.7 cm³/mol. The summed E-state index contributed by atoms with van der Waals surface area (Å²) in [5.74, 6) is 0. The van der Waals surface area contributed by atoms with Crippen molar-refractivity contribution in [3.63, 3.8) is 0 Å². The van der Waals surface area contributed by atoms with Gasteiger partial charge in [-0.1, -0.05) is 15.9 Å². The van der Waals surface area contributed by atoms with Crippen LogP contribution in [0.25, 0.3) is 0 Å². The molecule has 2 unspecified atom stereocenters. The molecule has 0 radical (unpaired) electrons. The standard InChI is InChI=1S/C13H19BrN2O2S/c1-9-8-12(4-5-13(9)14)19(17,18)16-7-6-15-10(2)11(16)3/h4-5,8,10-11,15H,6-7H2,1-3H3. The second kappa shape index (κ2) is 5.52. The molecule has 6 heteroatoms. The topological polar surface area (TPSA) is 49.4 Å². The fourth-order valence-electron chi connectivity index (χ4n) is 2.28. The van der Waals surface area contributed by atoms with Crippen LogP contribution in [-0.4, -0.2) is 37.9 Å². The molecule has 2 rings (SSSR count). The van der Waals surface area contributed by atoms with E-state index >= 15 is 0 Å². The van der Waals surface area contributed by atoms with Crippen molar-refractivity contribution in [2.45, 2.75) is 37.8 Å². The normalized spacial score (nSPS) is 25.5. The summed E-state index contributed by atoms with van der Waals surface area (Å²) in [5.41, 5.74) is 0.928. The average molecular weight is 347 g/mol. The molecule has 1 aromatic carbocycles. The SMILES string of the molecule is Cc1cc(S(=O)(=O)N2CCNC(C)C2C)ccc1Br. The van der Waals surface area contributed by atoms with Gasteiger partial charge < -0.3 is 5.32 Å². The van der Waals surface area contributed by atoms with E-state index in [9.17, 15) is 8.42 Å². The highest BCUT2D eigenvalue weighted by atomic mass is 79.9. The number of rotatable bonds is 2. The summed E-state index contributed by atoms with van der Waals surface area (Å²) in [7, 11) is -3.41. The number of piperazine rings is 1. The van der Waals surface area contributed by atoms with E-state index in [0.717, 1.165) is 10.0 Å². The molecule has 1 fully saturated rings. The van der Waals surface area contributed by atoms with E-state index in [2.05, 4.69) is 21.2 Å². The Morgan fingerprint density at radius 2 is 2.05 bits per heavy atom. The first-order valence-electron chi connectivity index (χ1n) is 6.35. The molecule has 1 saturated heterocycles. The molecule has 2 atom stereocenters. The van der Waals surface area contributed by atoms with Crippen LogP contribution in [0.4, 0.5) is 0 Å². The van der Waals surface area contributed by atoms with Crippen LogP contribution >= 0.6 is 15.9 Å². The van der Waals surface area contributed by atoms with Crippen LogP contribution in [0.2, 0.25) is 0 Å². The van der Waals surface area contributed by atoms with Crippen molar-refractivity contribution in [3.05, 3.63) is 28.2 Å². The van der Waals surface area contributed by atoms with Crippen LogP contribution < -0.4 is 5.32 Å². The average Bonchev–Trinajstić information content (AvgIpc) is 2.35. The van der Waals surface area contributed by atoms with E-state index in [1.807, 2.05) is 20.8 Å². The third-order valence-corrected chi connectivity index (χ3v) is 6.58. The largest absolute Gasteiger partial charge is 0.311 e. The van der Waals surface area contributed by atoms with Gasteiger partial charge in [-0.3, -0.25) is 0 Å². The zero-order chi connectivity index (χ0) is 14.2. The molecule has 0 aromatic heterocycles. The van der Waals surface area contributed by atoms with Crippen LogP contribution in [0.5, 0.6) is 0 Å². The molecule has 1 aliphatic heterocycles. The lowest BCUT2D eigenvalue weighted by atomic mass is 10.1. The summed E-state index contributed by atoms with van der Waals surface area (Å²) in [6, 6.07) is 5.30. The monoisotopic (exact) mass is 346 g/mol. The molecule has 0 amide bonds. The number of sulfonamides is 1. The third-order valence-electron chi connectivity index (χ3n) is 3.71. The van der Waals surface area contributed by atoms with Gasteiger partial charge >= 0.3 is 0 Å². The first-order chi connectivity index (χ1) is 8.84. The smallest absolute Gasteiger partial charge is 0.243 e. The fraction of sp³-hybridized carbons (Fsp3) is 0.538. The highest BCUT2D eigenvalue weighted by Gasteiger charge is 2.34. The maximum Gasteiger partial charge on any atom is 0.243 e. The second-order valence-corrected chi connectivity index (χ2v) is 7.76. The number of hydrogen-bond donors (Lipinski definition) is 1. The Morgan fingerprint density at radius 3 is 2.68 bits per heavy atom. The molecule has 0 aliphatic carbocycles. The first kappa shape index (κ1) is 15.0. The van der Waals surface area contributed by atoms with Crippen LogP contribution in [0, 0.1) is 6.92 Å². The predicted octanol–water partition coefficient (Wildman–Crippen LogP) is 2.13. The number of halogens is 1. The van der Waals surface area contributed by atoms with Crippen LogP contribution in [0.1, 0.15) is 19.4 Å². The summed E-state index contributed by atoms with van der Waals surface area (Å²) in [6.45, 7) is 7.06. The minimum absolute atomic E-state index is 0.0392. The Balaban J connectivity index is 2.38. The van der Waals surface area contributed by atoms with Gasteiger partial charge in [0.05, 0.1) is 4.90 Å². The van der Waals surface area contributed by atoms with Gasteiger partial charge in [0, 0.05) is 29.6 Å². The third kappa shape index (κ3) is 2.86. The molecule has 0 spiro atoms. The van der Waals surface area contributed by atoms with Crippen LogP contribution in [0.15, 0.2) is 27.6 Å². The number of nitrogens with one attached hydrogen (secondary N) is 1. The molecule has 4 nitrogen and oxygen atoms in total. The molecular formula is C13H19BrN2O2S. The minimum Gasteiger partial charge on any atom is -0.311 e. The van der Waals surface area contributed by atoms with Gasteiger partial charge in [-0.05, 0) is 44.5 Å². The molecule has 19 heavy (non-hydrogen) atoms. The van der Waals surface area contributed by atoms with Crippen molar-refractivity contribution in [2.24, 2.45) is 0 Å². The Bertz CT molecular complexity index is 574. The van der Waals surface area contributed by atoms with Gasteiger partial charge in [0.2, 0.25) is 10.0 Å². The minimum atomic E-state index is -3.41. The molecule has 1 heterocycles. The number of nitrogens with zero attached hydrogens (tertiary/aromatic N) is 1. The molecule has 1 aromatic rings.